The Labute approximate surface area is 195 Å². The monoisotopic (exact) mass is 446 g/mol. The fraction of sp³-hybridized carbons (Fsp3) is 0.481. The van der Waals surface area contributed by atoms with Gasteiger partial charge in [0, 0.05) is 36.5 Å². The van der Waals surface area contributed by atoms with Gasteiger partial charge in [0.05, 0.1) is 23.9 Å². The highest BCUT2D eigenvalue weighted by Crippen LogP contribution is 2.52. The molecule has 1 aliphatic heterocycles. The lowest BCUT2D eigenvalue weighted by Crippen LogP contribution is -2.63. The smallest absolute Gasteiger partial charge is 0.124 e. The molecule has 6 heteroatoms. The second-order valence-electron chi connectivity index (χ2n) is 11.2. The van der Waals surface area contributed by atoms with E-state index in [2.05, 4.69) is 60.0 Å². The number of hydrogen-bond donors (Lipinski definition) is 2. The van der Waals surface area contributed by atoms with Crippen LogP contribution in [0, 0.1) is 5.41 Å². The molecule has 33 heavy (non-hydrogen) atoms. The van der Waals surface area contributed by atoms with E-state index < -0.39 is 11.2 Å². The summed E-state index contributed by atoms with van der Waals surface area (Å²) in [6.07, 6.45) is 9.47. The van der Waals surface area contributed by atoms with Gasteiger partial charge < -0.3 is 19.7 Å². The summed E-state index contributed by atoms with van der Waals surface area (Å²) in [5, 5.41) is 22.7. The second kappa shape index (κ2) is 7.23. The molecule has 3 aromatic rings. The fourth-order valence-corrected chi connectivity index (χ4v) is 5.37. The van der Waals surface area contributed by atoms with Gasteiger partial charge in [-0.2, -0.15) is 0 Å². The lowest BCUT2D eigenvalue weighted by Gasteiger charge is -2.55. The molecule has 0 unspecified atom stereocenters. The summed E-state index contributed by atoms with van der Waals surface area (Å²) in [4.78, 5) is 11.1. The Morgan fingerprint density at radius 2 is 1.64 bits per heavy atom. The van der Waals surface area contributed by atoms with Crippen LogP contribution in [0.1, 0.15) is 62.9 Å². The molecule has 2 fully saturated rings. The lowest BCUT2D eigenvalue weighted by atomic mass is 9.62. The predicted octanol–water partition coefficient (Wildman–Crippen LogP) is 3.73. The predicted molar refractivity (Wildman–Crippen MR) is 128 cm³/mol. The highest BCUT2D eigenvalue weighted by atomic mass is 16.3. The average molecular weight is 447 g/mol. The van der Waals surface area contributed by atoms with E-state index in [1.165, 1.54) is 18.4 Å². The summed E-state index contributed by atoms with van der Waals surface area (Å²) in [6, 6.07) is 10.5. The van der Waals surface area contributed by atoms with Crippen molar-refractivity contribution in [3.8, 4) is 5.69 Å². The Hall–Kier alpha value is -2.54. The Balaban J connectivity index is 1.58. The average Bonchev–Trinajstić information content (AvgIpc) is 3.30. The summed E-state index contributed by atoms with van der Waals surface area (Å²) >= 11 is 0. The number of aromatic nitrogens is 3. The number of nitrogens with zero attached hydrogens (tertiary/aromatic N) is 4. The van der Waals surface area contributed by atoms with E-state index in [1.807, 2.05) is 16.8 Å². The van der Waals surface area contributed by atoms with Gasteiger partial charge in [0.25, 0.3) is 0 Å². The molecule has 2 N–H and O–H groups in total. The minimum absolute atomic E-state index is 0.290. The molecule has 2 aromatic heterocycles. The van der Waals surface area contributed by atoms with Crippen LogP contribution in [0.25, 0.3) is 5.69 Å². The first-order valence-corrected chi connectivity index (χ1v) is 11.7. The Bertz CT molecular complexity index is 1170. The number of benzene rings is 1. The van der Waals surface area contributed by atoms with Crippen LogP contribution in [-0.4, -0.2) is 49.8 Å². The standard InChI is InChI=1S/C27H34N4O2/c1-24(2,32)23-15-31(18-29-23)22-12-21(13-28-14-22)27(33,26(4)16-30(5)17-26)20-8-6-19(7-9-20)25(3)10-11-25/h6-9,12-15,18,32-33H,10-11,16-17H2,1-5H3/t27-/m0/s1. The normalized spacial score (nSPS) is 21.3. The molecule has 1 atom stereocenters. The van der Waals surface area contributed by atoms with Crippen molar-refractivity contribution in [2.75, 3.05) is 20.1 Å². The Morgan fingerprint density at radius 3 is 2.18 bits per heavy atom. The molecule has 0 amide bonds. The van der Waals surface area contributed by atoms with Crippen molar-refractivity contribution >= 4 is 0 Å². The van der Waals surface area contributed by atoms with E-state index in [-0.39, 0.29) is 5.41 Å². The van der Waals surface area contributed by atoms with Crippen LogP contribution >= 0.6 is 0 Å². The highest BCUT2D eigenvalue weighted by Gasteiger charge is 2.55. The molecular formula is C27H34N4O2. The SMILES string of the molecule is CN1CC(C)([C@](O)(c2ccc(C3(C)CC3)cc2)c2cncc(-n3cnc(C(C)(C)O)c3)c2)C1. The van der Waals surface area contributed by atoms with Crippen LogP contribution in [0.4, 0.5) is 0 Å². The van der Waals surface area contributed by atoms with Crippen molar-refractivity contribution in [3.05, 3.63) is 77.6 Å². The van der Waals surface area contributed by atoms with Crippen molar-refractivity contribution in [2.24, 2.45) is 5.41 Å². The van der Waals surface area contributed by atoms with E-state index in [1.54, 1.807) is 32.6 Å². The maximum absolute atomic E-state index is 12.4. The van der Waals surface area contributed by atoms with Gasteiger partial charge in [0.1, 0.15) is 11.2 Å². The van der Waals surface area contributed by atoms with Crippen LogP contribution in [0.3, 0.4) is 0 Å². The molecule has 6 nitrogen and oxygen atoms in total. The van der Waals surface area contributed by atoms with E-state index in [0.29, 0.717) is 11.1 Å². The van der Waals surface area contributed by atoms with Gasteiger partial charge in [-0.15, -0.1) is 0 Å². The molecule has 1 saturated carbocycles. The van der Waals surface area contributed by atoms with Crippen LogP contribution < -0.4 is 0 Å². The van der Waals surface area contributed by atoms with E-state index in [9.17, 15) is 10.2 Å². The summed E-state index contributed by atoms with van der Waals surface area (Å²) in [5.41, 5.74) is 2.11. The fourth-order valence-electron chi connectivity index (χ4n) is 5.37. The number of likely N-dealkylation sites (tertiary alicyclic amines) is 1. The zero-order valence-electron chi connectivity index (χ0n) is 20.2. The third-order valence-corrected chi connectivity index (χ3v) is 7.76. The molecule has 5 rings (SSSR count). The van der Waals surface area contributed by atoms with Crippen LogP contribution in [0.5, 0.6) is 0 Å². The van der Waals surface area contributed by atoms with Crippen LogP contribution in [0.2, 0.25) is 0 Å². The number of aliphatic hydroxyl groups is 2. The summed E-state index contributed by atoms with van der Waals surface area (Å²) in [7, 11) is 2.08. The van der Waals surface area contributed by atoms with E-state index in [4.69, 9.17) is 0 Å². The van der Waals surface area contributed by atoms with Gasteiger partial charge in [-0.3, -0.25) is 4.98 Å². The molecule has 2 aliphatic rings. The minimum atomic E-state index is -1.19. The number of imidazole rings is 1. The summed E-state index contributed by atoms with van der Waals surface area (Å²) in [5.74, 6) is 0. The summed E-state index contributed by atoms with van der Waals surface area (Å²) < 4.78 is 1.84. The molecule has 174 valence electrons. The molecule has 0 bridgehead atoms. The van der Waals surface area contributed by atoms with Crippen molar-refractivity contribution in [1.82, 2.24) is 19.4 Å². The van der Waals surface area contributed by atoms with E-state index >= 15 is 0 Å². The third kappa shape index (κ3) is 3.61. The number of rotatable bonds is 6. The molecule has 0 radical (unpaired) electrons. The third-order valence-electron chi connectivity index (χ3n) is 7.76. The molecule has 1 saturated heterocycles. The zero-order valence-corrected chi connectivity index (χ0v) is 20.2. The first kappa shape index (κ1) is 22.3. The maximum Gasteiger partial charge on any atom is 0.124 e. The first-order valence-electron chi connectivity index (χ1n) is 11.7. The molecule has 3 heterocycles. The molecular weight excluding hydrogens is 412 g/mol. The van der Waals surface area contributed by atoms with Gasteiger partial charge in [-0.05, 0) is 56.3 Å². The molecule has 1 aromatic carbocycles. The Kier molecular flexibility index (Phi) is 4.88. The van der Waals surface area contributed by atoms with Gasteiger partial charge in [-0.1, -0.05) is 38.1 Å². The van der Waals surface area contributed by atoms with Crippen molar-refractivity contribution in [2.45, 2.75) is 57.2 Å². The van der Waals surface area contributed by atoms with E-state index in [0.717, 1.165) is 29.9 Å². The van der Waals surface area contributed by atoms with Crippen molar-refractivity contribution in [1.29, 1.82) is 0 Å². The zero-order chi connectivity index (χ0) is 23.6. The van der Waals surface area contributed by atoms with Crippen LogP contribution in [-0.2, 0) is 16.6 Å². The van der Waals surface area contributed by atoms with Gasteiger partial charge >= 0.3 is 0 Å². The quantitative estimate of drug-likeness (QED) is 0.604. The largest absolute Gasteiger partial charge is 0.384 e. The van der Waals surface area contributed by atoms with Crippen molar-refractivity contribution in [3.63, 3.8) is 0 Å². The van der Waals surface area contributed by atoms with Gasteiger partial charge in [0.2, 0.25) is 0 Å². The highest BCUT2D eigenvalue weighted by molar-refractivity contribution is 5.45. The minimum Gasteiger partial charge on any atom is -0.384 e. The topological polar surface area (TPSA) is 74.4 Å². The lowest BCUT2D eigenvalue weighted by molar-refractivity contribution is -0.127. The number of pyridine rings is 1. The second-order valence-corrected chi connectivity index (χ2v) is 11.2. The number of hydrogen-bond acceptors (Lipinski definition) is 5. The molecule has 1 aliphatic carbocycles. The summed E-state index contributed by atoms with van der Waals surface area (Å²) in [6.45, 7) is 9.47. The van der Waals surface area contributed by atoms with Gasteiger partial charge in [0.15, 0.2) is 0 Å². The van der Waals surface area contributed by atoms with Crippen LogP contribution in [0.15, 0.2) is 55.2 Å². The first-order chi connectivity index (χ1) is 15.4. The van der Waals surface area contributed by atoms with Gasteiger partial charge in [-0.25, -0.2) is 4.98 Å². The Morgan fingerprint density at radius 1 is 0.970 bits per heavy atom. The molecule has 0 spiro atoms. The maximum atomic E-state index is 12.4. The van der Waals surface area contributed by atoms with Crippen molar-refractivity contribution < 1.29 is 10.2 Å².